The minimum Gasteiger partial charge on any atom is -0.496 e. The second-order valence-electron chi connectivity index (χ2n) is 5.13. The number of halogens is 1. The zero-order valence-electron chi connectivity index (χ0n) is 11.2. The van der Waals surface area contributed by atoms with Gasteiger partial charge in [0.2, 0.25) is 0 Å². The Morgan fingerprint density at radius 3 is 2.78 bits per heavy atom. The third-order valence-corrected chi connectivity index (χ3v) is 4.36. The van der Waals surface area contributed by atoms with Gasteiger partial charge in [0.25, 0.3) is 0 Å². The maximum atomic E-state index is 6.23. The lowest BCUT2D eigenvalue weighted by molar-refractivity contribution is 0.371. The van der Waals surface area contributed by atoms with E-state index in [2.05, 4.69) is 12.2 Å². The normalized spacial score (nSPS) is 17.9. The van der Waals surface area contributed by atoms with Crippen molar-refractivity contribution in [2.75, 3.05) is 7.11 Å². The van der Waals surface area contributed by atoms with Gasteiger partial charge in [0.1, 0.15) is 5.75 Å². The summed E-state index contributed by atoms with van der Waals surface area (Å²) in [4.78, 5) is 0. The first-order valence-corrected chi connectivity index (χ1v) is 7.15. The molecule has 18 heavy (non-hydrogen) atoms. The number of rotatable bonds is 5. The molecule has 1 aromatic carbocycles. The van der Waals surface area contributed by atoms with Gasteiger partial charge < -0.3 is 10.1 Å². The standard InChI is InChI=1S/C15H22ClNO/c1-11(12-6-3-4-7-12)17-10-13-14(16)8-5-9-15(13)18-2/h5,8-9,11-12,17H,3-4,6-7,10H2,1-2H3/t11-/m0/s1. The third kappa shape index (κ3) is 3.18. The molecule has 1 atom stereocenters. The summed E-state index contributed by atoms with van der Waals surface area (Å²) in [5.74, 6) is 1.69. The van der Waals surface area contributed by atoms with Crippen LogP contribution >= 0.6 is 11.6 Å². The van der Waals surface area contributed by atoms with Crippen LogP contribution in [-0.4, -0.2) is 13.2 Å². The van der Waals surface area contributed by atoms with Crippen LogP contribution in [-0.2, 0) is 6.54 Å². The lowest BCUT2D eigenvalue weighted by Crippen LogP contribution is -2.31. The molecule has 100 valence electrons. The highest BCUT2D eigenvalue weighted by atomic mass is 35.5. The Labute approximate surface area is 115 Å². The largest absolute Gasteiger partial charge is 0.496 e. The molecule has 1 aliphatic rings. The van der Waals surface area contributed by atoms with Crippen LogP contribution in [0, 0.1) is 5.92 Å². The third-order valence-electron chi connectivity index (χ3n) is 4.00. The van der Waals surface area contributed by atoms with Gasteiger partial charge in [0.05, 0.1) is 7.11 Å². The topological polar surface area (TPSA) is 21.3 Å². The van der Waals surface area contributed by atoms with Gasteiger partial charge in [0.15, 0.2) is 0 Å². The van der Waals surface area contributed by atoms with Crippen molar-refractivity contribution in [2.24, 2.45) is 5.92 Å². The minimum absolute atomic E-state index is 0.550. The maximum Gasteiger partial charge on any atom is 0.124 e. The van der Waals surface area contributed by atoms with E-state index in [9.17, 15) is 0 Å². The molecular formula is C15H22ClNO. The Balaban J connectivity index is 1.96. The Kier molecular flexibility index (Phi) is 4.90. The number of hydrogen-bond acceptors (Lipinski definition) is 2. The van der Waals surface area contributed by atoms with Gasteiger partial charge in [-0.25, -0.2) is 0 Å². The molecule has 0 aliphatic heterocycles. The SMILES string of the molecule is COc1cccc(Cl)c1CN[C@@H](C)C1CCCC1. The molecule has 0 bridgehead atoms. The van der Waals surface area contributed by atoms with Crippen molar-refractivity contribution in [3.8, 4) is 5.75 Å². The highest BCUT2D eigenvalue weighted by Gasteiger charge is 2.21. The van der Waals surface area contributed by atoms with Crippen molar-refractivity contribution < 1.29 is 4.74 Å². The molecule has 0 saturated heterocycles. The van der Waals surface area contributed by atoms with Crippen LogP contribution in [0.1, 0.15) is 38.2 Å². The fourth-order valence-corrected chi connectivity index (χ4v) is 3.02. The van der Waals surface area contributed by atoms with Crippen molar-refractivity contribution in [1.82, 2.24) is 5.32 Å². The van der Waals surface area contributed by atoms with Crippen molar-refractivity contribution in [2.45, 2.75) is 45.2 Å². The van der Waals surface area contributed by atoms with Crippen LogP contribution in [0.3, 0.4) is 0 Å². The lowest BCUT2D eigenvalue weighted by Gasteiger charge is -2.21. The molecule has 0 heterocycles. The van der Waals surface area contributed by atoms with Crippen LogP contribution in [0.15, 0.2) is 18.2 Å². The van der Waals surface area contributed by atoms with Crippen LogP contribution in [0.2, 0.25) is 5.02 Å². The predicted octanol–water partition coefficient (Wildman–Crippen LogP) is 4.02. The van der Waals surface area contributed by atoms with E-state index in [1.807, 2.05) is 18.2 Å². The number of nitrogens with one attached hydrogen (secondary N) is 1. The average Bonchev–Trinajstić information content (AvgIpc) is 2.90. The fourth-order valence-electron chi connectivity index (χ4n) is 2.79. The summed E-state index contributed by atoms with van der Waals surface area (Å²) < 4.78 is 5.36. The predicted molar refractivity (Wildman–Crippen MR) is 76.3 cm³/mol. The molecule has 0 aromatic heterocycles. The van der Waals surface area contributed by atoms with E-state index in [0.29, 0.717) is 6.04 Å². The fraction of sp³-hybridized carbons (Fsp3) is 0.600. The van der Waals surface area contributed by atoms with Gasteiger partial charge in [-0.3, -0.25) is 0 Å². The molecular weight excluding hydrogens is 246 g/mol. The summed E-state index contributed by atoms with van der Waals surface area (Å²) in [6.45, 7) is 3.06. The molecule has 1 fully saturated rings. The first kappa shape index (κ1) is 13.7. The first-order valence-electron chi connectivity index (χ1n) is 6.77. The van der Waals surface area contributed by atoms with E-state index in [0.717, 1.165) is 28.8 Å². The highest BCUT2D eigenvalue weighted by Crippen LogP contribution is 2.29. The second-order valence-corrected chi connectivity index (χ2v) is 5.54. The zero-order chi connectivity index (χ0) is 13.0. The van der Waals surface area contributed by atoms with E-state index < -0.39 is 0 Å². The molecule has 2 nitrogen and oxygen atoms in total. The van der Waals surface area contributed by atoms with Gasteiger partial charge in [-0.2, -0.15) is 0 Å². The van der Waals surface area contributed by atoms with Gasteiger partial charge >= 0.3 is 0 Å². The smallest absolute Gasteiger partial charge is 0.124 e. The molecule has 0 spiro atoms. The van der Waals surface area contributed by atoms with Crippen LogP contribution in [0.4, 0.5) is 0 Å². The van der Waals surface area contributed by atoms with Crippen molar-refractivity contribution in [3.63, 3.8) is 0 Å². The molecule has 1 aliphatic carbocycles. The number of ether oxygens (including phenoxy) is 1. The van der Waals surface area contributed by atoms with Gasteiger partial charge in [-0.15, -0.1) is 0 Å². The van der Waals surface area contributed by atoms with Crippen molar-refractivity contribution in [1.29, 1.82) is 0 Å². The summed E-state index contributed by atoms with van der Waals surface area (Å²) in [6, 6.07) is 6.35. The monoisotopic (exact) mass is 267 g/mol. The van der Waals surface area contributed by atoms with Crippen LogP contribution in [0.25, 0.3) is 0 Å². The molecule has 0 unspecified atom stereocenters. The van der Waals surface area contributed by atoms with Crippen LogP contribution in [0.5, 0.6) is 5.75 Å². The Morgan fingerprint density at radius 2 is 2.11 bits per heavy atom. The van der Waals surface area contributed by atoms with E-state index in [1.165, 1.54) is 25.7 Å². The van der Waals surface area contributed by atoms with E-state index in [1.54, 1.807) is 7.11 Å². The molecule has 2 rings (SSSR count). The number of methoxy groups -OCH3 is 1. The van der Waals surface area contributed by atoms with Crippen LogP contribution < -0.4 is 10.1 Å². The minimum atomic E-state index is 0.550. The summed E-state index contributed by atoms with van der Waals surface area (Å²) in [6.07, 6.45) is 5.47. The molecule has 3 heteroatoms. The highest BCUT2D eigenvalue weighted by molar-refractivity contribution is 6.31. The van der Waals surface area contributed by atoms with E-state index >= 15 is 0 Å². The molecule has 1 saturated carbocycles. The summed E-state index contributed by atoms with van der Waals surface area (Å²) in [5, 5.41) is 4.37. The molecule has 0 radical (unpaired) electrons. The quantitative estimate of drug-likeness (QED) is 0.870. The zero-order valence-corrected chi connectivity index (χ0v) is 12.0. The molecule has 1 N–H and O–H groups in total. The summed E-state index contributed by atoms with van der Waals surface area (Å²) in [7, 11) is 1.69. The van der Waals surface area contributed by atoms with Gasteiger partial charge in [-0.1, -0.05) is 30.5 Å². The molecule has 1 aromatic rings. The van der Waals surface area contributed by atoms with Crippen molar-refractivity contribution >= 4 is 11.6 Å². The van der Waals surface area contributed by atoms with E-state index in [4.69, 9.17) is 16.3 Å². The van der Waals surface area contributed by atoms with Gasteiger partial charge in [0, 0.05) is 23.2 Å². The first-order chi connectivity index (χ1) is 8.72. The Bertz CT molecular complexity index is 388. The lowest BCUT2D eigenvalue weighted by atomic mass is 9.99. The Hall–Kier alpha value is -0.730. The molecule has 0 amide bonds. The average molecular weight is 268 g/mol. The van der Waals surface area contributed by atoms with Gasteiger partial charge in [-0.05, 0) is 37.8 Å². The summed E-state index contributed by atoms with van der Waals surface area (Å²) in [5.41, 5.74) is 1.06. The van der Waals surface area contributed by atoms with Crippen molar-refractivity contribution in [3.05, 3.63) is 28.8 Å². The van der Waals surface area contributed by atoms with E-state index in [-0.39, 0.29) is 0 Å². The number of hydrogen-bond donors (Lipinski definition) is 1. The Morgan fingerprint density at radius 1 is 1.39 bits per heavy atom. The maximum absolute atomic E-state index is 6.23. The number of benzene rings is 1. The summed E-state index contributed by atoms with van der Waals surface area (Å²) >= 11 is 6.23. The second kappa shape index (κ2) is 6.44.